The van der Waals surface area contributed by atoms with Gasteiger partial charge in [0, 0.05) is 18.7 Å². The molecule has 0 spiro atoms. The van der Waals surface area contributed by atoms with E-state index in [1.807, 2.05) is 24.3 Å². The zero-order valence-corrected chi connectivity index (χ0v) is 15.2. The molecule has 25 heavy (non-hydrogen) atoms. The summed E-state index contributed by atoms with van der Waals surface area (Å²) in [5.41, 5.74) is -0.0784. The summed E-state index contributed by atoms with van der Waals surface area (Å²) >= 11 is 0. The number of methoxy groups -OCH3 is 1. The van der Waals surface area contributed by atoms with Gasteiger partial charge in [0.2, 0.25) is 6.41 Å². The van der Waals surface area contributed by atoms with E-state index in [4.69, 9.17) is 4.74 Å². The van der Waals surface area contributed by atoms with Crippen LogP contribution in [0.5, 0.6) is 0 Å². The normalized spacial score (nSPS) is 15.5. The summed E-state index contributed by atoms with van der Waals surface area (Å²) in [4.78, 5) is 15.2. The first-order valence-electron chi connectivity index (χ1n) is 7.72. The molecule has 0 saturated carbocycles. The molecule has 1 heterocycles. The van der Waals surface area contributed by atoms with Gasteiger partial charge in [0.1, 0.15) is 5.54 Å². The lowest BCUT2D eigenvalue weighted by molar-refractivity contribution is -0.191. The van der Waals surface area contributed by atoms with Crippen LogP contribution in [0, 0.1) is 0 Å². The van der Waals surface area contributed by atoms with Crippen molar-refractivity contribution >= 4 is 27.2 Å². The maximum absolute atomic E-state index is 12.7. The number of fused-ring (bicyclic) bond motifs is 1. The molecule has 0 aliphatic heterocycles. The van der Waals surface area contributed by atoms with Crippen LogP contribution in [-0.2, 0) is 25.1 Å². The van der Waals surface area contributed by atoms with Gasteiger partial charge in [-0.05, 0) is 31.5 Å². The molecule has 0 radical (unpaired) electrons. The lowest BCUT2D eigenvalue weighted by Crippen LogP contribution is -2.56. The molecule has 0 fully saturated rings. The lowest BCUT2D eigenvalue weighted by atomic mass is 9.98. The Morgan fingerprint density at radius 2 is 2.08 bits per heavy atom. The second-order valence-electron chi connectivity index (χ2n) is 6.25. The van der Waals surface area contributed by atoms with Crippen molar-refractivity contribution in [2.75, 3.05) is 12.9 Å². The number of hydrogen-bond acceptors (Lipinski definition) is 6. The molecule has 0 aliphatic rings. The molecule has 2 rings (SSSR count). The molecule has 136 valence electrons. The number of hydrogen-bond donors (Lipinski definition) is 1. The number of para-hydroxylation sites is 1. The molecular weight excluding hydrogens is 344 g/mol. The van der Waals surface area contributed by atoms with Gasteiger partial charge in [-0.3, -0.25) is 15.0 Å². The Morgan fingerprint density at radius 3 is 2.72 bits per heavy atom. The first kappa shape index (κ1) is 19.3. The quantitative estimate of drug-likeness (QED) is 0.435. The van der Waals surface area contributed by atoms with Crippen molar-refractivity contribution in [3.63, 3.8) is 0 Å². The van der Waals surface area contributed by atoms with Gasteiger partial charge in [0.15, 0.2) is 9.84 Å². The number of benzene rings is 1. The fraction of sp³-hybridized carbons (Fsp3) is 0.412. The third kappa shape index (κ3) is 4.33. The molecular formula is C17H22N2O5S. The summed E-state index contributed by atoms with van der Waals surface area (Å²) in [6.45, 7) is 3.06. The number of aromatic nitrogens is 1. The molecule has 1 amide bonds. The summed E-state index contributed by atoms with van der Waals surface area (Å²) in [5.74, 6) is -0.694. The fourth-order valence-electron chi connectivity index (χ4n) is 2.69. The van der Waals surface area contributed by atoms with Crippen molar-refractivity contribution in [2.24, 2.45) is 0 Å². The molecule has 2 aromatic rings. The number of pyridine rings is 1. The number of hydroxylamine groups is 2. The van der Waals surface area contributed by atoms with Crippen molar-refractivity contribution in [3.05, 3.63) is 42.1 Å². The molecule has 8 heteroatoms. The third-order valence-electron chi connectivity index (χ3n) is 4.40. The number of nitrogens with zero attached hydrogens (tertiary/aromatic N) is 2. The van der Waals surface area contributed by atoms with E-state index in [-0.39, 0.29) is 12.2 Å². The Kier molecular flexibility index (Phi) is 5.76. The van der Waals surface area contributed by atoms with Gasteiger partial charge in [-0.15, -0.1) is 0 Å². The summed E-state index contributed by atoms with van der Waals surface area (Å²) in [6.07, 6.45) is 1.02. The number of rotatable bonds is 8. The maximum atomic E-state index is 12.7. The molecule has 1 N–H and O–H groups in total. The average Bonchev–Trinajstić information content (AvgIpc) is 2.59. The summed E-state index contributed by atoms with van der Waals surface area (Å²) in [6, 6.07) is 9.19. The highest BCUT2D eigenvalue weighted by molar-refractivity contribution is 7.90. The van der Waals surface area contributed by atoms with Crippen molar-refractivity contribution < 1.29 is 23.2 Å². The van der Waals surface area contributed by atoms with E-state index in [2.05, 4.69) is 4.98 Å². The Labute approximate surface area is 147 Å². The van der Waals surface area contributed by atoms with Gasteiger partial charge in [-0.2, -0.15) is 0 Å². The summed E-state index contributed by atoms with van der Waals surface area (Å²) < 4.78 is 30.5. The molecule has 0 unspecified atom stereocenters. The maximum Gasteiger partial charge on any atom is 0.233 e. The molecule has 0 saturated heterocycles. The van der Waals surface area contributed by atoms with Gasteiger partial charge in [0.05, 0.1) is 23.1 Å². The van der Waals surface area contributed by atoms with Crippen LogP contribution < -0.4 is 0 Å². The van der Waals surface area contributed by atoms with Crippen LogP contribution in [0.1, 0.15) is 19.4 Å². The monoisotopic (exact) mass is 366 g/mol. The van der Waals surface area contributed by atoms with Gasteiger partial charge in [0.25, 0.3) is 0 Å². The third-order valence-corrected chi connectivity index (χ3v) is 6.20. The standard InChI is InChI=1S/C17H22N2O5S/c1-13(24-3)17(2,19(21)12-20)11-25(22,23)10-14-8-15-6-4-5-7-16(15)18-9-14/h4-9,12-13,21H,10-11H2,1-3H3/t13-,17+/m1/s1. The van der Waals surface area contributed by atoms with Gasteiger partial charge in [-0.1, -0.05) is 18.2 Å². The van der Waals surface area contributed by atoms with Gasteiger partial charge < -0.3 is 4.74 Å². The van der Waals surface area contributed by atoms with Gasteiger partial charge in [-0.25, -0.2) is 13.5 Å². The highest BCUT2D eigenvalue weighted by Crippen LogP contribution is 2.24. The Morgan fingerprint density at radius 1 is 1.40 bits per heavy atom. The molecule has 1 aromatic carbocycles. The number of sulfone groups is 1. The van der Waals surface area contributed by atoms with Crippen molar-refractivity contribution in [3.8, 4) is 0 Å². The Bertz CT molecular complexity index is 855. The summed E-state index contributed by atoms with van der Waals surface area (Å²) in [5, 5.41) is 11.1. The van der Waals surface area contributed by atoms with E-state index >= 15 is 0 Å². The SMILES string of the molecule is CO[C@H](C)[C@](C)(CS(=O)(=O)Cc1cnc2ccccc2c1)N(O)C=O. The first-order valence-corrected chi connectivity index (χ1v) is 9.54. The van der Waals surface area contributed by atoms with Crippen LogP contribution in [0.3, 0.4) is 0 Å². The van der Waals surface area contributed by atoms with E-state index in [0.29, 0.717) is 10.6 Å². The predicted molar refractivity (Wildman–Crippen MR) is 93.8 cm³/mol. The van der Waals surface area contributed by atoms with E-state index < -0.39 is 27.2 Å². The highest BCUT2D eigenvalue weighted by Gasteiger charge is 2.41. The van der Waals surface area contributed by atoms with E-state index in [1.165, 1.54) is 20.2 Å². The first-order chi connectivity index (χ1) is 11.7. The summed E-state index contributed by atoms with van der Waals surface area (Å²) in [7, 11) is -2.26. The number of amides is 1. The zero-order chi connectivity index (χ0) is 18.7. The van der Waals surface area contributed by atoms with Crippen molar-refractivity contribution in [1.29, 1.82) is 0 Å². The smallest absolute Gasteiger partial charge is 0.233 e. The second-order valence-corrected chi connectivity index (χ2v) is 8.32. The Balaban J connectivity index is 2.28. The van der Waals surface area contributed by atoms with Crippen molar-refractivity contribution in [2.45, 2.75) is 31.2 Å². The van der Waals surface area contributed by atoms with Crippen molar-refractivity contribution in [1.82, 2.24) is 10.0 Å². The van der Waals surface area contributed by atoms with Crippen LogP contribution in [0.4, 0.5) is 0 Å². The lowest BCUT2D eigenvalue weighted by Gasteiger charge is -2.38. The average molecular weight is 366 g/mol. The molecule has 1 aromatic heterocycles. The largest absolute Gasteiger partial charge is 0.379 e. The highest BCUT2D eigenvalue weighted by atomic mass is 32.2. The topological polar surface area (TPSA) is 96.8 Å². The minimum Gasteiger partial charge on any atom is -0.379 e. The zero-order valence-electron chi connectivity index (χ0n) is 14.4. The number of carbonyl (C=O) groups excluding carboxylic acids is 1. The molecule has 2 atom stereocenters. The number of ether oxygens (including phenoxy) is 1. The van der Waals surface area contributed by atoms with E-state index in [0.717, 1.165) is 10.9 Å². The van der Waals surface area contributed by atoms with Gasteiger partial charge >= 0.3 is 0 Å². The van der Waals surface area contributed by atoms with Crippen LogP contribution in [0.25, 0.3) is 10.9 Å². The van der Waals surface area contributed by atoms with E-state index in [9.17, 15) is 18.4 Å². The van der Waals surface area contributed by atoms with E-state index in [1.54, 1.807) is 13.0 Å². The Hall–Kier alpha value is -2.03. The fourth-order valence-corrected chi connectivity index (χ4v) is 4.72. The molecule has 0 aliphatic carbocycles. The predicted octanol–water partition coefficient (Wildman–Crippen LogP) is 1.79. The minimum atomic E-state index is -3.65. The van der Waals surface area contributed by atoms with Crippen LogP contribution in [-0.4, -0.2) is 54.6 Å². The minimum absolute atomic E-state index is 0.183. The van der Waals surface area contributed by atoms with Crippen LogP contribution in [0.2, 0.25) is 0 Å². The number of carbonyl (C=O) groups is 1. The van der Waals surface area contributed by atoms with Crippen LogP contribution >= 0.6 is 0 Å². The molecule has 0 bridgehead atoms. The second kappa shape index (κ2) is 7.47. The van der Waals surface area contributed by atoms with Crippen LogP contribution in [0.15, 0.2) is 36.5 Å². The molecule has 7 nitrogen and oxygen atoms in total.